The van der Waals surface area contributed by atoms with Gasteiger partial charge in [0.1, 0.15) is 5.01 Å². The number of rotatable bonds is 7. The molecule has 3 aromatic rings. The number of thiazole rings is 1. The van der Waals surface area contributed by atoms with Crippen LogP contribution in [0.15, 0.2) is 53.1 Å². The van der Waals surface area contributed by atoms with E-state index in [1.165, 1.54) is 11.1 Å². The van der Waals surface area contributed by atoms with Crippen LogP contribution in [0.2, 0.25) is 0 Å². The van der Waals surface area contributed by atoms with Gasteiger partial charge in [-0.25, -0.2) is 4.98 Å². The lowest BCUT2D eigenvalue weighted by Gasteiger charge is -2.12. The van der Waals surface area contributed by atoms with Gasteiger partial charge >= 0.3 is 0 Å². The fourth-order valence-corrected chi connectivity index (χ4v) is 3.55. The van der Waals surface area contributed by atoms with Gasteiger partial charge in [-0.2, -0.15) is 5.10 Å². The van der Waals surface area contributed by atoms with E-state index in [0.29, 0.717) is 19.0 Å². The molecule has 0 radical (unpaired) electrons. The smallest absolute Gasteiger partial charge is 0.191 e. The van der Waals surface area contributed by atoms with Gasteiger partial charge in [0.25, 0.3) is 0 Å². The molecule has 2 N–H and O–H groups in total. The van der Waals surface area contributed by atoms with Crippen LogP contribution in [0, 0.1) is 0 Å². The molecule has 28 heavy (non-hydrogen) atoms. The van der Waals surface area contributed by atoms with E-state index in [-0.39, 0.29) is 24.0 Å². The van der Waals surface area contributed by atoms with E-state index in [9.17, 15) is 0 Å². The molecule has 0 aliphatic rings. The predicted molar refractivity (Wildman–Crippen MR) is 126 cm³/mol. The third-order valence-corrected chi connectivity index (χ3v) is 5.01. The first kappa shape index (κ1) is 22.4. The summed E-state index contributed by atoms with van der Waals surface area (Å²) >= 11 is 1.68. The van der Waals surface area contributed by atoms with Crippen LogP contribution in [0.5, 0.6) is 0 Å². The number of halogens is 1. The SMILES string of the molecule is CN=C(NCc1cccc(Cn2cccn2)c1)NCc1nc(C(C)C)cs1.I. The van der Waals surface area contributed by atoms with Gasteiger partial charge in [0.2, 0.25) is 0 Å². The zero-order chi connectivity index (χ0) is 19.1. The summed E-state index contributed by atoms with van der Waals surface area (Å²) in [6.07, 6.45) is 3.77. The van der Waals surface area contributed by atoms with Crippen molar-refractivity contribution in [3.63, 3.8) is 0 Å². The average molecular weight is 510 g/mol. The van der Waals surface area contributed by atoms with Crippen molar-refractivity contribution in [1.29, 1.82) is 0 Å². The van der Waals surface area contributed by atoms with E-state index in [2.05, 4.69) is 69.2 Å². The summed E-state index contributed by atoms with van der Waals surface area (Å²) in [5.74, 6) is 1.23. The maximum absolute atomic E-state index is 4.65. The molecule has 8 heteroatoms. The second-order valence-corrected chi connectivity index (χ2v) is 7.57. The first-order valence-electron chi connectivity index (χ1n) is 9.08. The lowest BCUT2D eigenvalue weighted by Crippen LogP contribution is -2.36. The lowest BCUT2D eigenvalue weighted by atomic mass is 10.1. The van der Waals surface area contributed by atoms with Crippen LogP contribution in [0.4, 0.5) is 0 Å². The van der Waals surface area contributed by atoms with Crippen molar-refractivity contribution >= 4 is 41.3 Å². The van der Waals surface area contributed by atoms with Crippen molar-refractivity contribution in [1.82, 2.24) is 25.4 Å². The number of guanidine groups is 1. The van der Waals surface area contributed by atoms with E-state index in [1.807, 2.05) is 16.9 Å². The zero-order valence-electron chi connectivity index (χ0n) is 16.4. The normalized spacial score (nSPS) is 11.4. The Bertz CT molecular complexity index is 872. The Balaban J connectivity index is 0.00000280. The van der Waals surface area contributed by atoms with Crippen LogP contribution in [0.1, 0.15) is 41.6 Å². The van der Waals surface area contributed by atoms with E-state index in [0.717, 1.165) is 23.2 Å². The van der Waals surface area contributed by atoms with Gasteiger partial charge in [0, 0.05) is 31.4 Å². The first-order chi connectivity index (χ1) is 13.1. The largest absolute Gasteiger partial charge is 0.352 e. The summed E-state index contributed by atoms with van der Waals surface area (Å²) in [7, 11) is 1.78. The average Bonchev–Trinajstić information content (AvgIpc) is 3.34. The second-order valence-electron chi connectivity index (χ2n) is 6.62. The van der Waals surface area contributed by atoms with E-state index < -0.39 is 0 Å². The number of aromatic nitrogens is 3. The van der Waals surface area contributed by atoms with Crippen LogP contribution in [-0.2, 0) is 19.6 Å². The molecule has 0 unspecified atom stereocenters. The van der Waals surface area contributed by atoms with Gasteiger partial charge in [-0.05, 0) is 23.1 Å². The molecular weight excluding hydrogens is 483 g/mol. The van der Waals surface area contributed by atoms with Crippen LogP contribution in [0.3, 0.4) is 0 Å². The van der Waals surface area contributed by atoms with E-state index in [4.69, 9.17) is 0 Å². The minimum atomic E-state index is 0. The Kier molecular flexibility index (Phi) is 8.91. The molecule has 1 aromatic carbocycles. The second kappa shape index (κ2) is 11.2. The van der Waals surface area contributed by atoms with Crippen molar-refractivity contribution < 1.29 is 0 Å². The van der Waals surface area contributed by atoms with Gasteiger partial charge in [0.15, 0.2) is 5.96 Å². The summed E-state index contributed by atoms with van der Waals surface area (Å²) in [6, 6.07) is 10.4. The topological polar surface area (TPSA) is 67.1 Å². The molecule has 6 nitrogen and oxygen atoms in total. The molecule has 0 aliphatic carbocycles. The van der Waals surface area contributed by atoms with Crippen LogP contribution in [-0.4, -0.2) is 27.8 Å². The molecule has 0 atom stereocenters. The van der Waals surface area contributed by atoms with Gasteiger partial charge in [-0.1, -0.05) is 38.1 Å². The Morgan fingerprint density at radius 2 is 1.96 bits per heavy atom. The van der Waals surface area contributed by atoms with Crippen molar-refractivity contribution in [2.45, 2.75) is 39.4 Å². The number of hydrogen-bond acceptors (Lipinski definition) is 4. The van der Waals surface area contributed by atoms with Crippen LogP contribution >= 0.6 is 35.3 Å². The molecule has 0 spiro atoms. The molecule has 0 saturated carbocycles. The summed E-state index contributed by atoms with van der Waals surface area (Å²) in [6.45, 7) is 6.48. The van der Waals surface area contributed by atoms with Crippen LogP contribution < -0.4 is 10.6 Å². The molecule has 0 saturated heterocycles. The summed E-state index contributed by atoms with van der Waals surface area (Å²) in [5, 5.41) is 14.2. The summed E-state index contributed by atoms with van der Waals surface area (Å²) in [4.78, 5) is 8.95. The molecule has 0 fully saturated rings. The number of nitrogens with zero attached hydrogens (tertiary/aromatic N) is 4. The highest BCUT2D eigenvalue weighted by atomic mass is 127. The van der Waals surface area contributed by atoms with Crippen molar-refractivity contribution in [3.05, 3.63) is 69.9 Å². The van der Waals surface area contributed by atoms with Crippen molar-refractivity contribution in [2.24, 2.45) is 4.99 Å². The monoisotopic (exact) mass is 510 g/mol. The predicted octanol–water partition coefficient (Wildman–Crippen LogP) is 3.99. The Morgan fingerprint density at radius 3 is 2.64 bits per heavy atom. The first-order valence-corrected chi connectivity index (χ1v) is 9.96. The highest BCUT2D eigenvalue weighted by Gasteiger charge is 2.06. The standard InChI is InChI=1S/C20H26N6S.HI/c1-15(2)18-14-27-19(25-18)12-23-20(21-3)22-11-16-6-4-7-17(10-16)13-26-9-5-8-24-26;/h4-10,14-15H,11-13H2,1-3H3,(H2,21,22,23);1H. The molecule has 150 valence electrons. The van der Waals surface area contributed by atoms with Crippen molar-refractivity contribution in [2.75, 3.05) is 7.05 Å². The maximum atomic E-state index is 4.65. The number of hydrogen-bond donors (Lipinski definition) is 2. The molecule has 2 aromatic heterocycles. The quantitative estimate of drug-likeness (QED) is 0.287. The summed E-state index contributed by atoms with van der Waals surface area (Å²) in [5.41, 5.74) is 3.58. The van der Waals surface area contributed by atoms with Gasteiger partial charge in [-0.3, -0.25) is 9.67 Å². The Hall–Kier alpha value is -1.94. The maximum Gasteiger partial charge on any atom is 0.191 e. The minimum absolute atomic E-state index is 0. The Morgan fingerprint density at radius 1 is 1.18 bits per heavy atom. The Labute approximate surface area is 187 Å². The minimum Gasteiger partial charge on any atom is -0.352 e. The molecule has 0 aliphatic heterocycles. The molecule has 2 heterocycles. The number of benzene rings is 1. The molecule has 3 rings (SSSR count). The van der Waals surface area contributed by atoms with Gasteiger partial charge in [-0.15, -0.1) is 35.3 Å². The highest BCUT2D eigenvalue weighted by molar-refractivity contribution is 14.0. The van der Waals surface area contributed by atoms with E-state index in [1.54, 1.807) is 24.6 Å². The van der Waals surface area contributed by atoms with Crippen LogP contribution in [0.25, 0.3) is 0 Å². The number of nitrogens with one attached hydrogen (secondary N) is 2. The number of aliphatic imine (C=N–C) groups is 1. The highest BCUT2D eigenvalue weighted by Crippen LogP contribution is 2.17. The fourth-order valence-electron chi connectivity index (χ4n) is 2.66. The van der Waals surface area contributed by atoms with Crippen molar-refractivity contribution in [3.8, 4) is 0 Å². The molecule has 0 bridgehead atoms. The lowest BCUT2D eigenvalue weighted by molar-refractivity contribution is 0.685. The third kappa shape index (κ3) is 6.59. The van der Waals surface area contributed by atoms with Gasteiger partial charge in [0.05, 0.1) is 18.8 Å². The third-order valence-electron chi connectivity index (χ3n) is 4.15. The van der Waals surface area contributed by atoms with E-state index >= 15 is 0 Å². The fraction of sp³-hybridized carbons (Fsp3) is 0.350. The molecular formula is C20H27IN6S. The molecule has 0 amide bonds. The van der Waals surface area contributed by atoms with Gasteiger partial charge < -0.3 is 10.6 Å². The summed E-state index contributed by atoms with van der Waals surface area (Å²) < 4.78 is 1.92. The zero-order valence-corrected chi connectivity index (χ0v) is 19.6.